The van der Waals surface area contributed by atoms with Crippen molar-refractivity contribution in [1.29, 1.82) is 0 Å². The summed E-state index contributed by atoms with van der Waals surface area (Å²) in [7, 11) is 1.86. The summed E-state index contributed by atoms with van der Waals surface area (Å²) >= 11 is 0. The summed E-state index contributed by atoms with van der Waals surface area (Å²) in [6.07, 6.45) is 6.03. The second-order valence-electron chi connectivity index (χ2n) is 5.81. The molecular formula is C18H19N5O2. The number of phenolic OH excluding ortho intramolecular Hbond substituents is 1. The topological polar surface area (TPSA) is 92.9 Å². The summed E-state index contributed by atoms with van der Waals surface area (Å²) in [5.41, 5.74) is 3.25. The van der Waals surface area contributed by atoms with Crippen molar-refractivity contribution < 1.29 is 9.90 Å². The van der Waals surface area contributed by atoms with Crippen molar-refractivity contribution in [1.82, 2.24) is 19.7 Å². The Balaban J connectivity index is 1.59. The van der Waals surface area contributed by atoms with Crippen molar-refractivity contribution in [3.05, 3.63) is 54.1 Å². The zero-order valence-corrected chi connectivity index (χ0v) is 14.1. The summed E-state index contributed by atoms with van der Waals surface area (Å²) < 4.78 is 1.75. The maximum absolute atomic E-state index is 12.1. The van der Waals surface area contributed by atoms with Crippen LogP contribution in [0, 0.1) is 6.92 Å². The Labute approximate surface area is 145 Å². The summed E-state index contributed by atoms with van der Waals surface area (Å²) in [6.45, 7) is 1.93. The number of carbonyl (C=O) groups excluding carboxylic acids is 1. The number of nitrogens with zero attached hydrogens (tertiary/aromatic N) is 4. The van der Waals surface area contributed by atoms with Gasteiger partial charge in [0.05, 0.1) is 23.8 Å². The van der Waals surface area contributed by atoms with Gasteiger partial charge in [-0.15, -0.1) is 0 Å². The minimum atomic E-state index is -0.100. The molecule has 0 aliphatic heterocycles. The van der Waals surface area contributed by atoms with Crippen LogP contribution in [0.5, 0.6) is 5.75 Å². The fourth-order valence-electron chi connectivity index (χ4n) is 2.55. The molecule has 0 spiro atoms. The van der Waals surface area contributed by atoms with Crippen LogP contribution in [0.2, 0.25) is 0 Å². The summed E-state index contributed by atoms with van der Waals surface area (Å²) in [5.74, 6) is 0.543. The van der Waals surface area contributed by atoms with E-state index in [1.54, 1.807) is 35.3 Å². The monoisotopic (exact) mass is 337 g/mol. The van der Waals surface area contributed by atoms with Gasteiger partial charge in [-0.2, -0.15) is 5.10 Å². The van der Waals surface area contributed by atoms with Gasteiger partial charge in [-0.25, -0.2) is 9.97 Å². The Morgan fingerprint density at radius 2 is 2.04 bits per heavy atom. The van der Waals surface area contributed by atoms with E-state index in [0.29, 0.717) is 29.9 Å². The first-order valence-electron chi connectivity index (χ1n) is 7.91. The van der Waals surface area contributed by atoms with E-state index >= 15 is 0 Å². The molecule has 0 atom stereocenters. The molecule has 2 N–H and O–H groups in total. The van der Waals surface area contributed by atoms with Gasteiger partial charge in [0.25, 0.3) is 0 Å². The quantitative estimate of drug-likeness (QED) is 0.746. The molecule has 2 aromatic heterocycles. The number of rotatable bonds is 5. The third kappa shape index (κ3) is 4.20. The molecule has 0 aliphatic carbocycles. The van der Waals surface area contributed by atoms with Crippen molar-refractivity contribution in [2.45, 2.75) is 19.8 Å². The molecule has 3 aromatic rings. The van der Waals surface area contributed by atoms with E-state index in [4.69, 9.17) is 0 Å². The first-order chi connectivity index (χ1) is 12.0. The van der Waals surface area contributed by atoms with Crippen LogP contribution in [0.25, 0.3) is 11.4 Å². The number of anilines is 1. The molecule has 0 fully saturated rings. The number of aryl methyl sites for hydroxylation is 3. The lowest BCUT2D eigenvalue weighted by atomic mass is 10.1. The van der Waals surface area contributed by atoms with Gasteiger partial charge in [0.1, 0.15) is 5.75 Å². The molecule has 128 valence electrons. The van der Waals surface area contributed by atoms with E-state index in [-0.39, 0.29) is 11.7 Å². The van der Waals surface area contributed by atoms with Gasteiger partial charge in [0, 0.05) is 25.2 Å². The van der Waals surface area contributed by atoms with Crippen LogP contribution in [0.15, 0.2) is 42.9 Å². The van der Waals surface area contributed by atoms with E-state index in [1.165, 1.54) is 0 Å². The number of hydrogen-bond acceptors (Lipinski definition) is 5. The van der Waals surface area contributed by atoms with Crippen molar-refractivity contribution in [2.24, 2.45) is 7.05 Å². The first-order valence-corrected chi connectivity index (χ1v) is 7.91. The van der Waals surface area contributed by atoms with Crippen LogP contribution in [0.1, 0.15) is 17.7 Å². The SMILES string of the molecule is Cc1nn(C)cc1CCC(=O)Nc1cnc(-c2cccc(O)c2)nc1. The van der Waals surface area contributed by atoms with Gasteiger partial charge in [0.2, 0.25) is 5.91 Å². The number of aromatic hydroxyl groups is 1. The van der Waals surface area contributed by atoms with Crippen molar-refractivity contribution in [3.8, 4) is 17.1 Å². The van der Waals surface area contributed by atoms with Gasteiger partial charge in [-0.3, -0.25) is 9.48 Å². The minimum absolute atomic E-state index is 0.100. The highest BCUT2D eigenvalue weighted by Crippen LogP contribution is 2.20. The highest BCUT2D eigenvalue weighted by atomic mass is 16.3. The summed E-state index contributed by atoms with van der Waals surface area (Å²) in [6, 6.07) is 6.71. The smallest absolute Gasteiger partial charge is 0.224 e. The molecule has 7 heteroatoms. The zero-order valence-electron chi connectivity index (χ0n) is 14.1. The van der Waals surface area contributed by atoms with Crippen LogP contribution >= 0.6 is 0 Å². The number of nitrogens with one attached hydrogen (secondary N) is 1. The normalized spacial score (nSPS) is 10.6. The Kier molecular flexibility index (Phi) is 4.74. The molecule has 0 radical (unpaired) electrons. The Bertz CT molecular complexity index is 887. The molecule has 7 nitrogen and oxygen atoms in total. The van der Waals surface area contributed by atoms with E-state index in [0.717, 1.165) is 11.3 Å². The second kappa shape index (κ2) is 7.12. The van der Waals surface area contributed by atoms with E-state index in [2.05, 4.69) is 20.4 Å². The standard InChI is InChI=1S/C18H19N5O2/c1-12-14(11-23(2)22-12)6-7-17(25)21-15-9-19-18(20-10-15)13-4-3-5-16(24)8-13/h3-5,8-11,24H,6-7H2,1-2H3,(H,21,25). The maximum Gasteiger partial charge on any atom is 0.224 e. The molecule has 1 aromatic carbocycles. The molecule has 2 heterocycles. The van der Waals surface area contributed by atoms with E-state index < -0.39 is 0 Å². The zero-order chi connectivity index (χ0) is 17.8. The predicted molar refractivity (Wildman–Crippen MR) is 94.0 cm³/mol. The third-order valence-corrected chi connectivity index (χ3v) is 3.78. The Morgan fingerprint density at radius 3 is 2.68 bits per heavy atom. The molecule has 0 saturated carbocycles. The number of phenols is 1. The fourth-order valence-corrected chi connectivity index (χ4v) is 2.55. The molecule has 25 heavy (non-hydrogen) atoms. The fraction of sp³-hybridized carbons (Fsp3) is 0.222. The highest BCUT2D eigenvalue weighted by molar-refractivity contribution is 5.90. The van der Waals surface area contributed by atoms with Crippen molar-refractivity contribution >= 4 is 11.6 Å². The van der Waals surface area contributed by atoms with Gasteiger partial charge >= 0.3 is 0 Å². The van der Waals surface area contributed by atoms with Crippen LogP contribution < -0.4 is 5.32 Å². The molecule has 0 unspecified atom stereocenters. The Morgan fingerprint density at radius 1 is 1.28 bits per heavy atom. The van der Waals surface area contributed by atoms with Crippen LogP contribution in [-0.4, -0.2) is 30.8 Å². The predicted octanol–water partition coefficient (Wildman–Crippen LogP) is 2.46. The van der Waals surface area contributed by atoms with E-state index in [1.807, 2.05) is 26.2 Å². The molecule has 0 aliphatic rings. The molecule has 1 amide bonds. The lowest BCUT2D eigenvalue weighted by Gasteiger charge is -2.06. The highest BCUT2D eigenvalue weighted by Gasteiger charge is 2.08. The van der Waals surface area contributed by atoms with E-state index in [9.17, 15) is 9.90 Å². The van der Waals surface area contributed by atoms with Gasteiger partial charge in [0.15, 0.2) is 5.82 Å². The Hall–Kier alpha value is -3.22. The summed E-state index contributed by atoms with van der Waals surface area (Å²) in [5, 5.41) is 16.6. The van der Waals surface area contributed by atoms with Crippen LogP contribution in [-0.2, 0) is 18.3 Å². The summed E-state index contributed by atoms with van der Waals surface area (Å²) in [4.78, 5) is 20.5. The minimum Gasteiger partial charge on any atom is -0.508 e. The molecule has 3 rings (SSSR count). The van der Waals surface area contributed by atoms with Crippen molar-refractivity contribution in [2.75, 3.05) is 5.32 Å². The number of amides is 1. The number of benzene rings is 1. The number of aromatic nitrogens is 4. The lowest BCUT2D eigenvalue weighted by molar-refractivity contribution is -0.116. The van der Waals surface area contributed by atoms with Crippen LogP contribution in [0.3, 0.4) is 0 Å². The maximum atomic E-state index is 12.1. The van der Waals surface area contributed by atoms with Gasteiger partial charge < -0.3 is 10.4 Å². The lowest BCUT2D eigenvalue weighted by Crippen LogP contribution is -2.13. The molecule has 0 saturated heterocycles. The molecule has 0 bridgehead atoms. The average molecular weight is 337 g/mol. The second-order valence-corrected chi connectivity index (χ2v) is 5.81. The third-order valence-electron chi connectivity index (χ3n) is 3.78. The first kappa shape index (κ1) is 16.6. The van der Waals surface area contributed by atoms with Gasteiger partial charge in [-0.05, 0) is 31.0 Å². The van der Waals surface area contributed by atoms with Crippen LogP contribution in [0.4, 0.5) is 5.69 Å². The van der Waals surface area contributed by atoms with Crippen molar-refractivity contribution in [3.63, 3.8) is 0 Å². The van der Waals surface area contributed by atoms with Gasteiger partial charge in [-0.1, -0.05) is 12.1 Å². The average Bonchev–Trinajstić information content (AvgIpc) is 2.91. The molecular weight excluding hydrogens is 318 g/mol. The largest absolute Gasteiger partial charge is 0.508 e. The number of carbonyl (C=O) groups is 1. The number of hydrogen-bond donors (Lipinski definition) is 2.